The summed E-state index contributed by atoms with van der Waals surface area (Å²) >= 11 is 0. The zero-order chi connectivity index (χ0) is 26.5. The second-order valence-corrected chi connectivity index (χ2v) is 12.6. The Hall–Kier alpha value is -1.92. The molecule has 0 aromatic rings. The molecule has 7 nitrogen and oxygen atoms in total. The smallest absolute Gasteiger partial charge is 0.305 e. The Morgan fingerprint density at radius 3 is 2.28 bits per heavy atom. The lowest BCUT2D eigenvalue weighted by Gasteiger charge is -2.64. The van der Waals surface area contributed by atoms with Crippen molar-refractivity contribution >= 4 is 23.7 Å². The molecule has 4 fully saturated rings. The van der Waals surface area contributed by atoms with Crippen molar-refractivity contribution in [3.05, 3.63) is 0 Å². The van der Waals surface area contributed by atoms with E-state index in [1.54, 1.807) is 0 Å². The van der Waals surface area contributed by atoms with Crippen molar-refractivity contribution in [2.75, 3.05) is 7.11 Å². The van der Waals surface area contributed by atoms with Gasteiger partial charge in [-0.05, 0) is 80.0 Å². The van der Waals surface area contributed by atoms with Crippen LogP contribution < -0.4 is 0 Å². The van der Waals surface area contributed by atoms with Crippen LogP contribution in [0.25, 0.3) is 0 Å². The molecule has 7 heteroatoms. The van der Waals surface area contributed by atoms with E-state index >= 15 is 0 Å². The van der Waals surface area contributed by atoms with E-state index in [2.05, 4.69) is 20.8 Å². The van der Waals surface area contributed by atoms with Crippen molar-refractivity contribution in [3.63, 3.8) is 0 Å². The fourth-order valence-corrected chi connectivity index (χ4v) is 9.35. The number of carbonyl (C=O) groups excluding carboxylic acids is 4. The third-order valence-electron chi connectivity index (χ3n) is 10.9. The van der Waals surface area contributed by atoms with E-state index < -0.39 is 5.60 Å². The number of carbonyl (C=O) groups is 4. The van der Waals surface area contributed by atoms with Gasteiger partial charge in [0.15, 0.2) is 11.4 Å². The van der Waals surface area contributed by atoms with Gasteiger partial charge in [0.25, 0.3) is 0 Å². The number of ether oxygens (including phenoxy) is 3. The van der Waals surface area contributed by atoms with Gasteiger partial charge in [0.2, 0.25) is 0 Å². The Morgan fingerprint density at radius 2 is 1.64 bits per heavy atom. The molecular weight excluding hydrogens is 460 g/mol. The standard InChI is InChI=1S/C29H44O7/c1-17(7-10-26(33)34-6)22-8-9-23-28(22,5)14-12-24-27(4)13-11-21(35-18(2)30)15-20(27)16-25(32)29(23,24)36-19(3)31/h17,20-24H,7-16H2,1-6H3. The minimum absolute atomic E-state index is 0.0188. The highest BCUT2D eigenvalue weighted by Crippen LogP contribution is 2.70. The maximum Gasteiger partial charge on any atom is 0.305 e. The number of rotatable bonds is 6. The predicted molar refractivity (Wildman–Crippen MR) is 133 cm³/mol. The van der Waals surface area contributed by atoms with Gasteiger partial charge in [0.1, 0.15) is 6.10 Å². The first-order valence-corrected chi connectivity index (χ1v) is 13.8. The van der Waals surface area contributed by atoms with Crippen LogP contribution in [0.2, 0.25) is 0 Å². The second-order valence-electron chi connectivity index (χ2n) is 12.6. The summed E-state index contributed by atoms with van der Waals surface area (Å²) in [6, 6.07) is 0. The maximum atomic E-state index is 14.2. The fourth-order valence-electron chi connectivity index (χ4n) is 9.35. The quantitative estimate of drug-likeness (QED) is 0.370. The normalized spacial score (nSPS) is 42.4. The molecule has 4 aliphatic carbocycles. The predicted octanol–water partition coefficient (Wildman–Crippen LogP) is 5.03. The second kappa shape index (κ2) is 9.75. The van der Waals surface area contributed by atoms with Crippen LogP contribution in [0.4, 0.5) is 0 Å². The molecule has 202 valence electrons. The van der Waals surface area contributed by atoms with E-state index in [0.717, 1.165) is 44.9 Å². The molecule has 0 radical (unpaired) electrons. The van der Waals surface area contributed by atoms with Gasteiger partial charge in [-0.2, -0.15) is 0 Å². The van der Waals surface area contributed by atoms with Crippen molar-refractivity contribution in [2.24, 2.45) is 40.4 Å². The molecule has 0 amide bonds. The van der Waals surface area contributed by atoms with E-state index in [1.165, 1.54) is 21.0 Å². The molecule has 0 aliphatic heterocycles. The lowest BCUT2D eigenvalue weighted by Crippen LogP contribution is -2.69. The van der Waals surface area contributed by atoms with Gasteiger partial charge in [-0.25, -0.2) is 0 Å². The van der Waals surface area contributed by atoms with Crippen LogP contribution in [0.15, 0.2) is 0 Å². The molecule has 9 atom stereocenters. The molecule has 0 aromatic carbocycles. The molecule has 4 aliphatic rings. The molecule has 0 saturated heterocycles. The van der Waals surface area contributed by atoms with Crippen LogP contribution in [0.3, 0.4) is 0 Å². The summed E-state index contributed by atoms with van der Waals surface area (Å²) in [7, 11) is 1.42. The molecule has 0 bridgehead atoms. The Kier molecular flexibility index (Phi) is 7.35. The Bertz CT molecular complexity index is 913. The number of methoxy groups -OCH3 is 1. The van der Waals surface area contributed by atoms with Crippen molar-refractivity contribution in [1.29, 1.82) is 0 Å². The number of ketones is 1. The first kappa shape index (κ1) is 27.1. The molecule has 0 heterocycles. The molecule has 9 unspecified atom stereocenters. The first-order chi connectivity index (χ1) is 16.9. The monoisotopic (exact) mass is 504 g/mol. The Labute approximate surface area is 215 Å². The van der Waals surface area contributed by atoms with Gasteiger partial charge in [-0.3, -0.25) is 19.2 Å². The van der Waals surface area contributed by atoms with Crippen molar-refractivity contribution in [2.45, 2.75) is 111 Å². The minimum Gasteiger partial charge on any atom is -0.469 e. The lowest BCUT2D eigenvalue weighted by molar-refractivity contribution is -0.233. The molecule has 0 N–H and O–H groups in total. The topological polar surface area (TPSA) is 96.0 Å². The van der Waals surface area contributed by atoms with Crippen LogP contribution in [0.1, 0.15) is 98.8 Å². The van der Waals surface area contributed by atoms with Crippen LogP contribution in [-0.2, 0) is 33.4 Å². The van der Waals surface area contributed by atoms with Crippen molar-refractivity contribution < 1.29 is 33.4 Å². The third kappa shape index (κ3) is 4.28. The molecule has 4 saturated carbocycles. The van der Waals surface area contributed by atoms with Gasteiger partial charge in [0.05, 0.1) is 7.11 Å². The van der Waals surface area contributed by atoms with E-state index in [4.69, 9.17) is 14.2 Å². The van der Waals surface area contributed by atoms with Crippen LogP contribution >= 0.6 is 0 Å². The van der Waals surface area contributed by atoms with E-state index in [0.29, 0.717) is 31.1 Å². The highest BCUT2D eigenvalue weighted by Gasteiger charge is 2.72. The van der Waals surface area contributed by atoms with Gasteiger partial charge in [-0.15, -0.1) is 0 Å². The molecule has 36 heavy (non-hydrogen) atoms. The summed E-state index contributed by atoms with van der Waals surface area (Å²) in [5.41, 5.74) is -1.36. The molecule has 0 spiro atoms. The number of Topliss-reactive ketones (excluding diaryl/α,β-unsaturated/α-hetero) is 1. The molecule has 0 aromatic heterocycles. The highest BCUT2D eigenvalue weighted by atomic mass is 16.6. The summed E-state index contributed by atoms with van der Waals surface area (Å²) in [6.07, 6.45) is 7.38. The lowest BCUT2D eigenvalue weighted by atomic mass is 9.42. The van der Waals surface area contributed by atoms with Crippen LogP contribution in [0.5, 0.6) is 0 Å². The SMILES string of the molecule is COC(=O)CCC(C)C1CCC2C1(C)CCC1C3(C)CCC(OC(C)=O)CC3CC(=O)C12OC(C)=O. The number of hydrogen-bond donors (Lipinski definition) is 0. The zero-order valence-electron chi connectivity index (χ0n) is 22.9. The molecule has 4 rings (SSSR count). The number of esters is 3. The van der Waals surface area contributed by atoms with Crippen molar-refractivity contribution in [3.8, 4) is 0 Å². The largest absolute Gasteiger partial charge is 0.469 e. The van der Waals surface area contributed by atoms with Gasteiger partial charge in [0, 0.05) is 38.5 Å². The average Bonchev–Trinajstić information content (AvgIpc) is 3.16. The summed E-state index contributed by atoms with van der Waals surface area (Å²) in [6.45, 7) is 9.66. The number of fused-ring (bicyclic) bond motifs is 5. The molecular formula is C29H44O7. The van der Waals surface area contributed by atoms with Crippen LogP contribution in [0, 0.1) is 40.4 Å². The van der Waals surface area contributed by atoms with Crippen molar-refractivity contribution in [1.82, 2.24) is 0 Å². The average molecular weight is 505 g/mol. The third-order valence-corrected chi connectivity index (χ3v) is 10.9. The van der Waals surface area contributed by atoms with E-state index in [9.17, 15) is 19.2 Å². The summed E-state index contributed by atoms with van der Waals surface area (Å²) < 4.78 is 16.7. The zero-order valence-corrected chi connectivity index (χ0v) is 22.9. The highest BCUT2D eigenvalue weighted by molar-refractivity contribution is 5.92. The summed E-state index contributed by atoms with van der Waals surface area (Å²) in [5, 5.41) is 0. The van der Waals surface area contributed by atoms with E-state index in [1.807, 2.05) is 0 Å². The maximum absolute atomic E-state index is 14.2. The first-order valence-electron chi connectivity index (χ1n) is 13.8. The Balaban J connectivity index is 1.66. The van der Waals surface area contributed by atoms with Gasteiger partial charge in [-0.1, -0.05) is 20.8 Å². The van der Waals surface area contributed by atoms with Crippen LogP contribution in [-0.4, -0.2) is 42.5 Å². The number of hydrogen-bond acceptors (Lipinski definition) is 7. The minimum atomic E-state index is -1.09. The van der Waals surface area contributed by atoms with Gasteiger partial charge < -0.3 is 14.2 Å². The summed E-state index contributed by atoms with van der Waals surface area (Å²) in [5.74, 6) is -0.0283. The summed E-state index contributed by atoms with van der Waals surface area (Å²) in [4.78, 5) is 50.1. The fraction of sp³-hybridized carbons (Fsp3) is 0.862. The van der Waals surface area contributed by atoms with Gasteiger partial charge >= 0.3 is 17.9 Å². The van der Waals surface area contributed by atoms with E-state index in [-0.39, 0.29) is 58.4 Å². The Morgan fingerprint density at radius 1 is 0.972 bits per heavy atom.